The van der Waals surface area contributed by atoms with E-state index in [0.29, 0.717) is 51.8 Å². The van der Waals surface area contributed by atoms with Crippen LogP contribution in [-0.4, -0.2) is 41.5 Å². The second-order valence-electron chi connectivity index (χ2n) is 7.71. The summed E-state index contributed by atoms with van der Waals surface area (Å²) >= 11 is 6.12. The van der Waals surface area contributed by atoms with E-state index in [1.807, 2.05) is 24.3 Å². The van der Waals surface area contributed by atoms with Crippen molar-refractivity contribution in [2.24, 2.45) is 0 Å². The fraction of sp³-hybridized carbons (Fsp3) is 0.192. The molecule has 0 saturated carbocycles. The third kappa shape index (κ3) is 5.21. The Morgan fingerprint density at radius 3 is 2.56 bits per heavy atom. The first-order valence-corrected chi connectivity index (χ1v) is 11.1. The van der Waals surface area contributed by atoms with Gasteiger partial charge in [0.05, 0.1) is 31.7 Å². The van der Waals surface area contributed by atoms with Gasteiger partial charge in [-0.15, -0.1) is 0 Å². The summed E-state index contributed by atoms with van der Waals surface area (Å²) in [6.07, 6.45) is 0.560. The van der Waals surface area contributed by atoms with E-state index in [4.69, 9.17) is 21.1 Å². The normalized spacial score (nSPS) is 10.8. The molecule has 4 aromatic rings. The molecule has 0 aliphatic heterocycles. The summed E-state index contributed by atoms with van der Waals surface area (Å²) in [6.45, 7) is 0.524. The predicted octanol–water partition coefficient (Wildman–Crippen LogP) is 4.48. The van der Waals surface area contributed by atoms with Gasteiger partial charge in [-0.25, -0.2) is 4.98 Å². The topological polar surface area (TPSA) is 84.5 Å². The lowest BCUT2D eigenvalue weighted by Crippen LogP contribution is -2.34. The first kappa shape index (κ1) is 23.3. The molecule has 1 heterocycles. The number of halogens is 1. The van der Waals surface area contributed by atoms with E-state index in [2.05, 4.69) is 9.97 Å². The van der Waals surface area contributed by atoms with Crippen LogP contribution in [0, 0.1) is 0 Å². The Balaban J connectivity index is 1.63. The molecule has 0 spiro atoms. The summed E-state index contributed by atoms with van der Waals surface area (Å²) in [6, 6.07) is 19.6. The largest absolute Gasteiger partial charge is 0.493 e. The van der Waals surface area contributed by atoms with Gasteiger partial charge in [-0.05, 0) is 54.4 Å². The molecule has 34 heavy (non-hydrogen) atoms. The molecule has 0 aliphatic rings. The van der Waals surface area contributed by atoms with Crippen molar-refractivity contribution in [1.82, 2.24) is 14.9 Å². The summed E-state index contributed by atoms with van der Waals surface area (Å²) in [5.41, 5.74) is 1.77. The first-order valence-electron chi connectivity index (χ1n) is 10.7. The second-order valence-corrected chi connectivity index (χ2v) is 8.14. The molecule has 0 atom stereocenters. The summed E-state index contributed by atoms with van der Waals surface area (Å²) < 4.78 is 10.7. The number of H-pyrrole nitrogens is 1. The molecular weight excluding hydrogens is 454 g/mol. The van der Waals surface area contributed by atoms with E-state index in [9.17, 15) is 9.59 Å². The molecule has 174 valence electrons. The highest BCUT2D eigenvalue weighted by atomic mass is 35.5. The van der Waals surface area contributed by atoms with Crippen molar-refractivity contribution in [2.45, 2.75) is 13.0 Å². The summed E-state index contributed by atoms with van der Waals surface area (Å²) in [7, 11) is 3.17. The number of nitrogens with one attached hydrogen (secondary N) is 1. The van der Waals surface area contributed by atoms with Gasteiger partial charge in [-0.3, -0.25) is 9.59 Å². The maximum Gasteiger partial charge on any atom is 0.258 e. The Hall–Kier alpha value is -3.84. The molecule has 0 bridgehead atoms. The van der Waals surface area contributed by atoms with Crippen LogP contribution in [0.15, 0.2) is 71.5 Å². The number of hydrogen-bond acceptors (Lipinski definition) is 5. The zero-order chi connectivity index (χ0) is 24.1. The second kappa shape index (κ2) is 10.4. The van der Waals surface area contributed by atoms with Gasteiger partial charge in [0.2, 0.25) is 0 Å². The molecule has 0 fully saturated rings. The molecule has 0 unspecified atom stereocenters. The van der Waals surface area contributed by atoms with Crippen molar-refractivity contribution in [2.75, 3.05) is 20.8 Å². The fourth-order valence-corrected chi connectivity index (χ4v) is 3.94. The standard InChI is InChI=1S/C26H24ClN3O4/c1-33-22-11-10-17(14-23(22)34-2)12-13-30(26(32)18-6-5-7-19(27)15-18)16-24-28-21-9-4-3-8-20(21)25(31)29-24/h3-11,14-15H,12-13,16H2,1-2H3,(H,28,29,31). The maximum absolute atomic E-state index is 13.4. The Bertz CT molecular complexity index is 1390. The highest BCUT2D eigenvalue weighted by Crippen LogP contribution is 2.28. The fourth-order valence-electron chi connectivity index (χ4n) is 3.75. The van der Waals surface area contributed by atoms with E-state index < -0.39 is 0 Å². The molecule has 0 saturated heterocycles. The molecular formula is C26H24ClN3O4. The number of benzene rings is 3. The minimum atomic E-state index is -0.240. The van der Waals surface area contributed by atoms with E-state index in [1.54, 1.807) is 61.6 Å². The number of methoxy groups -OCH3 is 2. The van der Waals surface area contributed by atoms with Crippen molar-refractivity contribution >= 4 is 28.4 Å². The zero-order valence-corrected chi connectivity index (χ0v) is 19.6. The first-order chi connectivity index (χ1) is 16.5. The number of rotatable bonds is 8. The monoisotopic (exact) mass is 477 g/mol. The summed E-state index contributed by atoms with van der Waals surface area (Å²) in [5, 5.41) is 0.979. The number of hydrogen-bond donors (Lipinski definition) is 1. The molecule has 3 aromatic carbocycles. The third-order valence-corrected chi connectivity index (χ3v) is 5.71. The zero-order valence-electron chi connectivity index (χ0n) is 18.9. The molecule has 0 radical (unpaired) electrons. The molecule has 4 rings (SSSR count). The summed E-state index contributed by atoms with van der Waals surface area (Å²) in [5.74, 6) is 1.45. The average Bonchev–Trinajstić information content (AvgIpc) is 2.86. The van der Waals surface area contributed by atoms with Gasteiger partial charge in [0.25, 0.3) is 11.5 Å². The lowest BCUT2D eigenvalue weighted by atomic mass is 10.1. The van der Waals surface area contributed by atoms with Crippen LogP contribution >= 0.6 is 11.6 Å². The molecule has 0 aliphatic carbocycles. The van der Waals surface area contributed by atoms with Crippen molar-refractivity contribution in [3.8, 4) is 11.5 Å². The minimum Gasteiger partial charge on any atom is -0.493 e. The molecule has 1 N–H and O–H groups in total. The van der Waals surface area contributed by atoms with Gasteiger partial charge in [0.1, 0.15) is 5.82 Å². The Labute approximate surface area is 201 Å². The van der Waals surface area contributed by atoms with Crippen LogP contribution in [0.2, 0.25) is 5.02 Å². The van der Waals surface area contributed by atoms with Gasteiger partial charge >= 0.3 is 0 Å². The van der Waals surface area contributed by atoms with Crippen LogP contribution in [0.4, 0.5) is 0 Å². The number of carbonyl (C=O) groups excluding carboxylic acids is 1. The Morgan fingerprint density at radius 2 is 1.79 bits per heavy atom. The molecule has 7 nitrogen and oxygen atoms in total. The van der Waals surface area contributed by atoms with Crippen molar-refractivity contribution in [3.63, 3.8) is 0 Å². The highest BCUT2D eigenvalue weighted by Gasteiger charge is 2.19. The van der Waals surface area contributed by atoms with E-state index in [1.165, 1.54) is 0 Å². The Morgan fingerprint density at radius 1 is 1.00 bits per heavy atom. The number of fused-ring (bicyclic) bond motifs is 1. The molecule has 1 amide bonds. The van der Waals surface area contributed by atoms with Gasteiger partial charge in [-0.2, -0.15) is 0 Å². The van der Waals surface area contributed by atoms with Crippen molar-refractivity contribution < 1.29 is 14.3 Å². The van der Waals surface area contributed by atoms with Crippen LogP contribution in [-0.2, 0) is 13.0 Å². The lowest BCUT2D eigenvalue weighted by molar-refractivity contribution is 0.0741. The maximum atomic E-state index is 13.4. The molecule has 1 aromatic heterocycles. The summed E-state index contributed by atoms with van der Waals surface area (Å²) in [4.78, 5) is 34.9. The number of aromatic amines is 1. The lowest BCUT2D eigenvalue weighted by Gasteiger charge is -2.23. The number of nitrogens with zero attached hydrogens (tertiary/aromatic N) is 2. The Kier molecular flexibility index (Phi) is 7.13. The van der Waals surface area contributed by atoms with Crippen LogP contribution in [0.3, 0.4) is 0 Å². The molecule has 8 heteroatoms. The number of amides is 1. The smallest absolute Gasteiger partial charge is 0.258 e. The SMILES string of the molecule is COc1ccc(CCN(Cc2nc3ccccc3c(=O)[nH]2)C(=O)c2cccc(Cl)c2)cc1OC. The highest BCUT2D eigenvalue weighted by molar-refractivity contribution is 6.30. The van der Waals surface area contributed by atoms with Gasteiger partial charge in [0, 0.05) is 17.1 Å². The number of carbonyl (C=O) groups is 1. The number of para-hydroxylation sites is 1. The number of aromatic nitrogens is 2. The van der Waals surface area contributed by atoms with Gasteiger partial charge in [-0.1, -0.05) is 35.9 Å². The van der Waals surface area contributed by atoms with E-state index >= 15 is 0 Å². The van der Waals surface area contributed by atoms with Crippen molar-refractivity contribution in [1.29, 1.82) is 0 Å². The van der Waals surface area contributed by atoms with Crippen LogP contribution in [0.5, 0.6) is 11.5 Å². The van der Waals surface area contributed by atoms with Crippen LogP contribution < -0.4 is 15.0 Å². The van der Waals surface area contributed by atoms with Gasteiger partial charge in [0.15, 0.2) is 11.5 Å². The quantitative estimate of drug-likeness (QED) is 0.404. The average molecular weight is 478 g/mol. The van der Waals surface area contributed by atoms with Crippen LogP contribution in [0.1, 0.15) is 21.7 Å². The minimum absolute atomic E-state index is 0.138. The van der Waals surface area contributed by atoms with E-state index in [0.717, 1.165) is 5.56 Å². The predicted molar refractivity (Wildman–Crippen MR) is 132 cm³/mol. The van der Waals surface area contributed by atoms with Crippen LogP contribution in [0.25, 0.3) is 10.9 Å². The van der Waals surface area contributed by atoms with Crippen molar-refractivity contribution in [3.05, 3.63) is 99.1 Å². The number of ether oxygens (including phenoxy) is 2. The third-order valence-electron chi connectivity index (χ3n) is 5.48. The van der Waals surface area contributed by atoms with E-state index in [-0.39, 0.29) is 18.0 Å². The van der Waals surface area contributed by atoms with Gasteiger partial charge < -0.3 is 19.4 Å².